The molecule has 1 heterocycles. The van der Waals surface area contributed by atoms with E-state index in [2.05, 4.69) is 48.5 Å². The molecular formula is C28H37NO4. The number of carbonyl (C=O) groups is 2. The van der Waals surface area contributed by atoms with Gasteiger partial charge in [0.1, 0.15) is 5.60 Å². The predicted octanol–water partition coefficient (Wildman–Crippen LogP) is 6.18. The number of carbonyl (C=O) groups excluding carboxylic acids is 2. The smallest absolute Gasteiger partial charge is 0.410 e. The zero-order valence-corrected chi connectivity index (χ0v) is 20.3. The topological polar surface area (TPSA) is 55.8 Å². The van der Waals surface area contributed by atoms with Gasteiger partial charge in [-0.25, -0.2) is 4.79 Å². The van der Waals surface area contributed by atoms with Crippen molar-refractivity contribution in [3.8, 4) is 0 Å². The lowest BCUT2D eigenvalue weighted by Crippen LogP contribution is -2.50. The van der Waals surface area contributed by atoms with E-state index >= 15 is 0 Å². The normalized spacial score (nSPS) is 18.8. The van der Waals surface area contributed by atoms with Crippen LogP contribution in [0, 0.1) is 5.92 Å². The van der Waals surface area contributed by atoms with Gasteiger partial charge in [-0.1, -0.05) is 67.1 Å². The van der Waals surface area contributed by atoms with Gasteiger partial charge in [0, 0.05) is 18.5 Å². The third kappa shape index (κ3) is 7.08. The molecule has 0 unspecified atom stereocenters. The quantitative estimate of drug-likeness (QED) is 0.472. The van der Waals surface area contributed by atoms with Crippen LogP contribution in [0.4, 0.5) is 4.79 Å². The van der Waals surface area contributed by atoms with Gasteiger partial charge in [-0.15, -0.1) is 0 Å². The monoisotopic (exact) mass is 451 g/mol. The minimum Gasteiger partial charge on any atom is -0.469 e. The van der Waals surface area contributed by atoms with E-state index in [1.165, 1.54) is 18.2 Å². The van der Waals surface area contributed by atoms with E-state index in [0.29, 0.717) is 12.5 Å². The summed E-state index contributed by atoms with van der Waals surface area (Å²) in [4.78, 5) is 26.9. The maximum atomic E-state index is 13.0. The van der Waals surface area contributed by atoms with E-state index in [1.807, 2.05) is 32.9 Å². The zero-order chi connectivity index (χ0) is 23.8. The molecule has 1 amide bonds. The van der Waals surface area contributed by atoms with Gasteiger partial charge >= 0.3 is 12.1 Å². The fraction of sp³-hybridized carbons (Fsp3) is 0.500. The second kappa shape index (κ2) is 11.4. The van der Waals surface area contributed by atoms with Crippen LogP contribution in [0.3, 0.4) is 0 Å². The Morgan fingerprint density at radius 3 is 2.06 bits per heavy atom. The molecule has 1 fully saturated rings. The molecule has 0 spiro atoms. The van der Waals surface area contributed by atoms with E-state index in [0.717, 1.165) is 32.1 Å². The minimum absolute atomic E-state index is 0.0629. The molecule has 0 aliphatic carbocycles. The fourth-order valence-corrected chi connectivity index (χ4v) is 4.68. The molecule has 0 saturated carbocycles. The van der Waals surface area contributed by atoms with Crippen molar-refractivity contribution in [3.05, 3.63) is 71.8 Å². The summed E-state index contributed by atoms with van der Waals surface area (Å²) in [6.07, 6.45) is 4.01. The van der Waals surface area contributed by atoms with E-state index < -0.39 is 5.60 Å². The number of esters is 1. The van der Waals surface area contributed by atoms with Gasteiger partial charge in [0.2, 0.25) is 0 Å². The van der Waals surface area contributed by atoms with Crippen molar-refractivity contribution < 1.29 is 19.1 Å². The third-order valence-electron chi connectivity index (χ3n) is 6.30. The molecule has 0 N–H and O–H groups in total. The molecule has 0 radical (unpaired) electrons. The average Bonchev–Trinajstić information content (AvgIpc) is 2.81. The summed E-state index contributed by atoms with van der Waals surface area (Å²) >= 11 is 0. The molecule has 5 heteroatoms. The van der Waals surface area contributed by atoms with Crippen molar-refractivity contribution in [3.63, 3.8) is 0 Å². The van der Waals surface area contributed by atoms with Crippen LogP contribution in [0.1, 0.15) is 69.9 Å². The van der Waals surface area contributed by atoms with E-state index in [1.54, 1.807) is 4.90 Å². The number of nitrogens with zero attached hydrogens (tertiary/aromatic N) is 1. The van der Waals surface area contributed by atoms with Crippen molar-refractivity contribution in [2.75, 3.05) is 13.7 Å². The number of benzene rings is 2. The molecule has 0 bridgehead atoms. The number of likely N-dealkylation sites (tertiary alicyclic amines) is 1. The van der Waals surface area contributed by atoms with Gasteiger partial charge in [-0.05, 0) is 57.6 Å². The molecule has 1 saturated heterocycles. The summed E-state index contributed by atoms with van der Waals surface area (Å²) in [5.41, 5.74) is 2.04. The number of piperidine rings is 1. The number of methoxy groups -OCH3 is 1. The Morgan fingerprint density at radius 1 is 0.970 bits per heavy atom. The Hall–Kier alpha value is -2.82. The van der Waals surface area contributed by atoms with Crippen LogP contribution in [0.2, 0.25) is 0 Å². The first-order chi connectivity index (χ1) is 15.8. The lowest BCUT2D eigenvalue weighted by Gasteiger charge is -2.39. The van der Waals surface area contributed by atoms with Gasteiger partial charge in [-0.2, -0.15) is 0 Å². The first-order valence-corrected chi connectivity index (χ1v) is 12.0. The van der Waals surface area contributed by atoms with E-state index in [9.17, 15) is 9.59 Å². The lowest BCUT2D eigenvalue weighted by molar-refractivity contribution is -0.147. The maximum Gasteiger partial charge on any atom is 0.410 e. The van der Waals surface area contributed by atoms with Crippen molar-refractivity contribution >= 4 is 12.1 Å². The summed E-state index contributed by atoms with van der Waals surface area (Å²) in [5, 5.41) is 0. The van der Waals surface area contributed by atoms with Gasteiger partial charge in [0.05, 0.1) is 13.0 Å². The standard InChI is InChI=1S/C28H37NO4/c1-28(2,3)33-27(31)29-20-23(26(30)32-4)18-19-24(29)16-11-17-25(21-12-7-5-8-13-21)22-14-9-6-10-15-22/h5-10,12-15,23-25H,11,16-20H2,1-4H3/t23-,24-/m0/s1. The van der Waals surface area contributed by atoms with Crippen molar-refractivity contribution in [2.45, 2.75) is 70.4 Å². The van der Waals surface area contributed by atoms with Crippen LogP contribution in [-0.4, -0.2) is 42.3 Å². The Kier molecular flexibility index (Phi) is 8.54. The van der Waals surface area contributed by atoms with Crippen LogP contribution in [-0.2, 0) is 14.3 Å². The lowest BCUT2D eigenvalue weighted by atomic mass is 9.85. The molecule has 0 aromatic heterocycles. The highest BCUT2D eigenvalue weighted by molar-refractivity contribution is 5.75. The zero-order valence-electron chi connectivity index (χ0n) is 20.3. The highest BCUT2D eigenvalue weighted by Crippen LogP contribution is 2.32. The fourth-order valence-electron chi connectivity index (χ4n) is 4.68. The van der Waals surface area contributed by atoms with Crippen LogP contribution < -0.4 is 0 Å². The first-order valence-electron chi connectivity index (χ1n) is 12.0. The number of rotatable bonds is 7. The molecule has 178 valence electrons. The molecule has 2 aromatic rings. The predicted molar refractivity (Wildman–Crippen MR) is 130 cm³/mol. The largest absolute Gasteiger partial charge is 0.469 e. The maximum absolute atomic E-state index is 13.0. The summed E-state index contributed by atoms with van der Waals surface area (Å²) in [7, 11) is 1.40. The molecule has 1 aliphatic heterocycles. The Bertz CT molecular complexity index is 852. The number of hydrogen-bond acceptors (Lipinski definition) is 4. The summed E-state index contributed by atoms with van der Waals surface area (Å²) in [6.45, 7) is 5.96. The van der Waals surface area contributed by atoms with Crippen LogP contribution >= 0.6 is 0 Å². The number of amides is 1. The minimum atomic E-state index is -0.578. The molecular weight excluding hydrogens is 414 g/mol. The van der Waals surface area contributed by atoms with E-state index in [-0.39, 0.29) is 24.0 Å². The SMILES string of the molecule is COC(=O)[C@H]1CC[C@H](CCCC(c2ccccc2)c2ccccc2)N(C(=O)OC(C)(C)C)C1. The highest BCUT2D eigenvalue weighted by Gasteiger charge is 2.37. The Balaban J connectivity index is 1.70. The van der Waals surface area contributed by atoms with Crippen molar-refractivity contribution in [1.82, 2.24) is 4.90 Å². The molecule has 5 nitrogen and oxygen atoms in total. The second-order valence-electron chi connectivity index (χ2n) is 9.89. The van der Waals surface area contributed by atoms with Crippen LogP contribution in [0.25, 0.3) is 0 Å². The van der Waals surface area contributed by atoms with Crippen molar-refractivity contribution in [2.24, 2.45) is 5.92 Å². The molecule has 3 rings (SSSR count). The molecule has 33 heavy (non-hydrogen) atoms. The van der Waals surface area contributed by atoms with Gasteiger partial charge < -0.3 is 14.4 Å². The number of hydrogen-bond donors (Lipinski definition) is 0. The molecule has 2 atom stereocenters. The Morgan fingerprint density at radius 2 is 1.55 bits per heavy atom. The highest BCUT2D eigenvalue weighted by atomic mass is 16.6. The summed E-state index contributed by atoms with van der Waals surface area (Å²) in [6, 6.07) is 21.2. The summed E-state index contributed by atoms with van der Waals surface area (Å²) in [5.74, 6) is -0.232. The average molecular weight is 452 g/mol. The second-order valence-corrected chi connectivity index (χ2v) is 9.89. The van der Waals surface area contributed by atoms with Gasteiger partial charge in [-0.3, -0.25) is 4.79 Å². The molecule has 2 aromatic carbocycles. The molecule has 1 aliphatic rings. The third-order valence-corrected chi connectivity index (χ3v) is 6.30. The first kappa shape index (κ1) is 24.8. The summed E-state index contributed by atoms with van der Waals surface area (Å²) < 4.78 is 10.6. The Labute approximate surface area is 198 Å². The van der Waals surface area contributed by atoms with Crippen molar-refractivity contribution in [1.29, 1.82) is 0 Å². The number of ether oxygens (including phenoxy) is 2. The van der Waals surface area contributed by atoms with E-state index in [4.69, 9.17) is 9.47 Å². The van der Waals surface area contributed by atoms with Crippen LogP contribution in [0.5, 0.6) is 0 Å². The van der Waals surface area contributed by atoms with Gasteiger partial charge in [0.25, 0.3) is 0 Å². The van der Waals surface area contributed by atoms with Gasteiger partial charge in [0.15, 0.2) is 0 Å². The van der Waals surface area contributed by atoms with Crippen LogP contribution in [0.15, 0.2) is 60.7 Å².